The molecule has 4 heterocycles. The van der Waals surface area contributed by atoms with Gasteiger partial charge in [-0.05, 0) is 18.6 Å². The van der Waals surface area contributed by atoms with Crippen molar-refractivity contribution in [1.82, 2.24) is 20.4 Å². The van der Waals surface area contributed by atoms with Gasteiger partial charge in [0.25, 0.3) is 5.91 Å². The van der Waals surface area contributed by atoms with Crippen molar-refractivity contribution >= 4 is 28.8 Å². The fourth-order valence-corrected chi connectivity index (χ4v) is 3.15. The fourth-order valence-electron chi connectivity index (χ4n) is 3.15. The molecule has 2 saturated heterocycles. The van der Waals surface area contributed by atoms with Crippen LogP contribution < -0.4 is 5.32 Å². The number of nitrogens with one attached hydrogen (secondary N) is 1. The van der Waals surface area contributed by atoms with Crippen LogP contribution >= 0.6 is 0 Å². The summed E-state index contributed by atoms with van der Waals surface area (Å²) < 4.78 is 5.12. The highest BCUT2D eigenvalue weighted by Crippen LogP contribution is 2.38. The van der Waals surface area contributed by atoms with Crippen molar-refractivity contribution in [2.45, 2.75) is 12.8 Å². The van der Waals surface area contributed by atoms with Crippen LogP contribution in [0.5, 0.6) is 0 Å². The average Bonchev–Trinajstić information content (AvgIpc) is 3.17. The van der Waals surface area contributed by atoms with Gasteiger partial charge in [0.1, 0.15) is 0 Å². The van der Waals surface area contributed by atoms with Crippen molar-refractivity contribution < 1.29 is 18.9 Å². The van der Waals surface area contributed by atoms with Crippen LogP contribution in [-0.4, -0.2) is 45.9 Å². The average molecular weight is 300 g/mol. The highest BCUT2D eigenvalue weighted by Gasteiger charge is 2.52. The van der Waals surface area contributed by atoms with E-state index < -0.39 is 5.41 Å². The Hall–Kier alpha value is -2.77. The summed E-state index contributed by atoms with van der Waals surface area (Å²) in [6.07, 6.45) is 2.17. The molecule has 1 spiro atoms. The predicted octanol–water partition coefficient (Wildman–Crippen LogP) is 0.102. The fraction of sp³-hybridized carbons (Fsp3) is 0.357. The Balaban J connectivity index is 1.62. The summed E-state index contributed by atoms with van der Waals surface area (Å²) in [5.41, 5.74) is -0.422. The third-order valence-corrected chi connectivity index (χ3v) is 4.32. The minimum atomic E-state index is -0.791. The van der Waals surface area contributed by atoms with Gasteiger partial charge in [-0.3, -0.25) is 19.7 Å². The van der Waals surface area contributed by atoms with Crippen LogP contribution in [0.4, 0.5) is 0 Å². The van der Waals surface area contributed by atoms with Crippen molar-refractivity contribution in [3.05, 3.63) is 24.1 Å². The van der Waals surface area contributed by atoms with Gasteiger partial charge in [0.2, 0.25) is 23.2 Å². The smallest absolute Gasteiger partial charge is 0.293 e. The second-order valence-corrected chi connectivity index (χ2v) is 5.70. The number of likely N-dealkylation sites (tertiary alicyclic amines) is 1. The van der Waals surface area contributed by atoms with Crippen molar-refractivity contribution in [2.24, 2.45) is 5.41 Å². The van der Waals surface area contributed by atoms with E-state index in [1.54, 1.807) is 18.3 Å². The Bertz CT molecular complexity index is 814. The van der Waals surface area contributed by atoms with Crippen LogP contribution in [0.3, 0.4) is 0 Å². The van der Waals surface area contributed by atoms with Crippen LogP contribution in [0.25, 0.3) is 11.0 Å². The number of fused-ring (bicyclic) bond motifs is 1. The summed E-state index contributed by atoms with van der Waals surface area (Å²) >= 11 is 0. The summed E-state index contributed by atoms with van der Waals surface area (Å²) in [4.78, 5) is 41.5. The number of hydrogen-bond donors (Lipinski definition) is 1. The lowest BCUT2D eigenvalue weighted by Gasteiger charge is -2.19. The monoisotopic (exact) mass is 300 g/mol. The van der Waals surface area contributed by atoms with E-state index in [4.69, 9.17) is 4.52 Å². The van der Waals surface area contributed by atoms with Gasteiger partial charge in [0.15, 0.2) is 0 Å². The number of amides is 3. The molecule has 0 bridgehead atoms. The third-order valence-electron chi connectivity index (χ3n) is 4.32. The molecule has 1 unspecified atom stereocenters. The number of carbonyl (C=O) groups excluding carboxylic acids is 3. The number of pyridine rings is 1. The Morgan fingerprint density at radius 2 is 2.27 bits per heavy atom. The molecule has 2 aliphatic heterocycles. The van der Waals surface area contributed by atoms with E-state index in [0.29, 0.717) is 24.0 Å². The maximum atomic E-state index is 12.6. The molecule has 2 aromatic rings. The molecule has 22 heavy (non-hydrogen) atoms. The molecule has 112 valence electrons. The normalized spacial score (nSPS) is 24.5. The van der Waals surface area contributed by atoms with Gasteiger partial charge in [-0.25, -0.2) is 4.98 Å². The number of aromatic nitrogens is 2. The second-order valence-electron chi connectivity index (χ2n) is 5.70. The molecular formula is C14H12N4O4. The first-order chi connectivity index (χ1) is 10.6. The highest BCUT2D eigenvalue weighted by molar-refractivity contribution is 6.07. The molecule has 3 amide bonds. The second kappa shape index (κ2) is 4.36. The van der Waals surface area contributed by atoms with E-state index in [-0.39, 0.29) is 36.4 Å². The number of nitrogens with zero attached hydrogens (tertiary/aromatic N) is 3. The lowest BCUT2D eigenvalue weighted by Crippen LogP contribution is -2.36. The van der Waals surface area contributed by atoms with Gasteiger partial charge in [0.05, 0.1) is 10.8 Å². The molecule has 2 aliphatic rings. The maximum Gasteiger partial charge on any atom is 0.293 e. The lowest BCUT2D eigenvalue weighted by atomic mass is 9.85. The largest absolute Gasteiger partial charge is 0.348 e. The highest BCUT2D eigenvalue weighted by atomic mass is 16.5. The molecule has 8 nitrogen and oxygen atoms in total. The minimum absolute atomic E-state index is 0.116. The molecule has 0 radical (unpaired) electrons. The van der Waals surface area contributed by atoms with Gasteiger partial charge >= 0.3 is 0 Å². The summed E-state index contributed by atoms with van der Waals surface area (Å²) in [5, 5.41) is 6.61. The quantitative estimate of drug-likeness (QED) is 0.749. The first-order valence-corrected chi connectivity index (χ1v) is 6.93. The van der Waals surface area contributed by atoms with Crippen molar-refractivity contribution in [3.8, 4) is 0 Å². The predicted molar refractivity (Wildman–Crippen MR) is 72.5 cm³/mol. The van der Waals surface area contributed by atoms with Crippen molar-refractivity contribution in [2.75, 3.05) is 13.1 Å². The SMILES string of the molecule is O=C1CC2(CCN(C(=O)c3onc4ncccc34)C2)C(=O)N1. The minimum Gasteiger partial charge on any atom is -0.348 e. The summed E-state index contributed by atoms with van der Waals surface area (Å²) in [5.74, 6) is -0.796. The first-order valence-electron chi connectivity index (χ1n) is 6.93. The standard InChI is InChI=1S/C14H12N4O4/c19-9-6-14(13(21)16-9)3-5-18(7-14)12(20)10-8-2-1-4-15-11(8)17-22-10/h1-2,4H,3,5-7H2,(H,16,19,21). The summed E-state index contributed by atoms with van der Waals surface area (Å²) in [6.45, 7) is 0.619. The van der Waals surface area contributed by atoms with E-state index in [2.05, 4.69) is 15.5 Å². The number of hydrogen-bond acceptors (Lipinski definition) is 6. The van der Waals surface area contributed by atoms with Crippen LogP contribution in [0.1, 0.15) is 23.4 Å². The number of rotatable bonds is 1. The third kappa shape index (κ3) is 1.73. The number of imide groups is 1. The van der Waals surface area contributed by atoms with Gasteiger partial charge in [-0.2, -0.15) is 0 Å². The van der Waals surface area contributed by atoms with Gasteiger partial charge in [-0.1, -0.05) is 5.16 Å². The summed E-state index contributed by atoms with van der Waals surface area (Å²) in [6, 6.07) is 3.41. The van der Waals surface area contributed by atoms with E-state index >= 15 is 0 Å². The molecule has 2 aromatic heterocycles. The molecule has 1 atom stereocenters. The summed E-state index contributed by atoms with van der Waals surface area (Å²) in [7, 11) is 0. The van der Waals surface area contributed by atoms with Crippen LogP contribution in [0.2, 0.25) is 0 Å². The topological polar surface area (TPSA) is 105 Å². The molecule has 1 N–H and O–H groups in total. The van der Waals surface area contributed by atoms with E-state index in [1.165, 1.54) is 4.90 Å². The molecule has 2 fully saturated rings. The Kier molecular flexibility index (Phi) is 2.56. The lowest BCUT2D eigenvalue weighted by molar-refractivity contribution is -0.128. The van der Waals surface area contributed by atoms with Crippen LogP contribution in [0, 0.1) is 5.41 Å². The first kappa shape index (κ1) is 12.9. The van der Waals surface area contributed by atoms with Gasteiger partial charge in [0, 0.05) is 25.7 Å². The molecular weight excluding hydrogens is 288 g/mol. The maximum absolute atomic E-state index is 12.6. The Labute approximate surface area is 124 Å². The molecule has 0 aliphatic carbocycles. The Morgan fingerprint density at radius 1 is 1.41 bits per heavy atom. The van der Waals surface area contributed by atoms with Gasteiger partial charge < -0.3 is 9.42 Å². The number of carbonyl (C=O) groups is 3. The molecule has 4 rings (SSSR count). The zero-order valence-electron chi connectivity index (χ0n) is 11.5. The molecule has 8 heteroatoms. The molecule has 0 aromatic carbocycles. The van der Waals surface area contributed by atoms with Crippen molar-refractivity contribution in [3.63, 3.8) is 0 Å². The van der Waals surface area contributed by atoms with Crippen LogP contribution in [-0.2, 0) is 9.59 Å². The van der Waals surface area contributed by atoms with E-state index in [0.717, 1.165) is 0 Å². The van der Waals surface area contributed by atoms with E-state index in [9.17, 15) is 14.4 Å². The molecule has 0 saturated carbocycles. The Morgan fingerprint density at radius 3 is 3.05 bits per heavy atom. The van der Waals surface area contributed by atoms with E-state index in [1.807, 2.05) is 0 Å². The zero-order chi connectivity index (χ0) is 15.3. The van der Waals surface area contributed by atoms with Gasteiger partial charge in [-0.15, -0.1) is 0 Å². The van der Waals surface area contributed by atoms with Crippen molar-refractivity contribution in [1.29, 1.82) is 0 Å². The van der Waals surface area contributed by atoms with Crippen LogP contribution in [0.15, 0.2) is 22.9 Å². The zero-order valence-corrected chi connectivity index (χ0v) is 11.5.